The average Bonchev–Trinajstić information content (AvgIpc) is 3.54. The number of hydrogen-bond donors (Lipinski definition) is 1. The van der Waals surface area contributed by atoms with E-state index in [9.17, 15) is 14.4 Å². The van der Waals surface area contributed by atoms with Crippen molar-refractivity contribution in [3.63, 3.8) is 0 Å². The molecule has 172 valence electrons. The van der Waals surface area contributed by atoms with Crippen LogP contribution in [0.25, 0.3) is 0 Å². The van der Waals surface area contributed by atoms with Crippen molar-refractivity contribution in [3.8, 4) is 0 Å². The number of amides is 2. The normalized spacial score (nSPS) is 33.2. The second-order valence-corrected chi connectivity index (χ2v) is 12.4. The summed E-state index contributed by atoms with van der Waals surface area (Å²) in [6, 6.07) is 16.1. The second kappa shape index (κ2) is 7.18. The number of anilines is 1. The Morgan fingerprint density at radius 3 is 2.35 bits per heavy atom. The number of thioether (sulfide) groups is 1. The van der Waals surface area contributed by atoms with Gasteiger partial charge < -0.3 is 4.98 Å². The molecule has 2 saturated carbocycles. The number of carbonyl (C=O) groups is 2. The summed E-state index contributed by atoms with van der Waals surface area (Å²) in [5, 5.41) is 1.18. The van der Waals surface area contributed by atoms with Crippen molar-refractivity contribution in [1.29, 1.82) is 0 Å². The molecule has 4 aliphatic rings. The van der Waals surface area contributed by atoms with Crippen LogP contribution in [0, 0.1) is 43.4 Å². The fourth-order valence-electron chi connectivity index (χ4n) is 7.25. The first-order valence-electron chi connectivity index (χ1n) is 11.8. The first-order chi connectivity index (χ1) is 16.4. The van der Waals surface area contributed by atoms with Crippen molar-refractivity contribution in [2.45, 2.75) is 36.5 Å². The van der Waals surface area contributed by atoms with Crippen LogP contribution in [-0.2, 0) is 9.59 Å². The van der Waals surface area contributed by atoms with Crippen LogP contribution in [0.4, 0.5) is 5.69 Å². The second-order valence-electron chi connectivity index (χ2n) is 10.2. The molecule has 2 aliphatic carbocycles. The van der Waals surface area contributed by atoms with Crippen LogP contribution in [0.2, 0.25) is 0 Å². The van der Waals surface area contributed by atoms with Gasteiger partial charge in [0, 0.05) is 16.0 Å². The van der Waals surface area contributed by atoms with E-state index in [-0.39, 0.29) is 57.4 Å². The Hall–Kier alpha value is -2.64. The van der Waals surface area contributed by atoms with Gasteiger partial charge in [-0.15, -0.1) is 11.8 Å². The zero-order chi connectivity index (χ0) is 23.3. The molecular weight excluding hydrogens is 464 g/mol. The van der Waals surface area contributed by atoms with Gasteiger partial charge in [-0.2, -0.15) is 0 Å². The van der Waals surface area contributed by atoms with E-state index >= 15 is 0 Å². The minimum absolute atomic E-state index is 0.0266. The van der Waals surface area contributed by atoms with Gasteiger partial charge >= 0.3 is 4.87 Å². The number of aryl methyl sites for hydroxylation is 2. The maximum absolute atomic E-state index is 13.8. The Balaban J connectivity index is 1.34. The van der Waals surface area contributed by atoms with E-state index in [1.54, 1.807) is 11.8 Å². The molecule has 5 nitrogen and oxygen atoms in total. The van der Waals surface area contributed by atoms with Gasteiger partial charge in [0.15, 0.2) is 0 Å². The summed E-state index contributed by atoms with van der Waals surface area (Å²) in [5.74, 6) is 0.0363. The predicted molar refractivity (Wildman–Crippen MR) is 133 cm³/mol. The van der Waals surface area contributed by atoms with Gasteiger partial charge in [-0.05, 0) is 61.3 Å². The van der Waals surface area contributed by atoms with Gasteiger partial charge in [0.2, 0.25) is 11.8 Å². The van der Waals surface area contributed by atoms with Gasteiger partial charge in [-0.25, -0.2) is 0 Å². The molecular formula is C27H24N2O3S2. The number of nitrogens with one attached hydrogen (secondary N) is 1. The summed E-state index contributed by atoms with van der Waals surface area (Å²) in [6.45, 7) is 4.13. The molecule has 7 atom stereocenters. The number of rotatable bonds is 2. The number of H-pyrrole nitrogens is 1. The third kappa shape index (κ3) is 2.65. The highest BCUT2D eigenvalue weighted by atomic mass is 32.2. The largest absolute Gasteiger partial charge is 0.307 e. The molecule has 7 rings (SSSR count). The molecule has 0 unspecified atom stereocenters. The van der Waals surface area contributed by atoms with E-state index in [0.29, 0.717) is 5.69 Å². The molecule has 1 saturated heterocycles. The topological polar surface area (TPSA) is 70.2 Å². The Morgan fingerprint density at radius 1 is 0.912 bits per heavy atom. The quantitative estimate of drug-likeness (QED) is 0.530. The van der Waals surface area contributed by atoms with Crippen molar-refractivity contribution >= 4 is 40.6 Å². The van der Waals surface area contributed by atoms with Crippen molar-refractivity contribution in [2.75, 3.05) is 4.90 Å². The zero-order valence-corrected chi connectivity index (χ0v) is 20.5. The monoisotopic (exact) mass is 488 g/mol. The smallest absolute Gasteiger partial charge is 0.305 e. The summed E-state index contributed by atoms with van der Waals surface area (Å²) >= 11 is 3.05. The molecule has 2 amide bonds. The van der Waals surface area contributed by atoms with Gasteiger partial charge in [0.05, 0.1) is 22.5 Å². The molecule has 0 spiro atoms. The zero-order valence-electron chi connectivity index (χ0n) is 18.9. The number of hydrogen-bond acceptors (Lipinski definition) is 5. The van der Waals surface area contributed by atoms with Crippen LogP contribution >= 0.6 is 23.1 Å². The molecule has 3 fully saturated rings. The highest BCUT2D eigenvalue weighted by Crippen LogP contribution is 2.68. The third-order valence-electron chi connectivity index (χ3n) is 8.54. The van der Waals surface area contributed by atoms with Crippen molar-refractivity contribution in [3.05, 3.63) is 79.8 Å². The first kappa shape index (κ1) is 20.7. The van der Waals surface area contributed by atoms with Crippen LogP contribution in [0.1, 0.15) is 33.9 Å². The van der Waals surface area contributed by atoms with Crippen LogP contribution in [-0.4, -0.2) is 22.0 Å². The lowest BCUT2D eigenvalue weighted by atomic mass is 9.67. The number of benzene rings is 2. The maximum atomic E-state index is 13.8. The Kier molecular flexibility index (Phi) is 4.38. The van der Waals surface area contributed by atoms with E-state index in [1.165, 1.54) is 27.4 Å². The molecule has 1 N–H and O–H groups in total. The Bertz CT molecular complexity index is 1410. The molecule has 0 radical (unpaired) electrons. The standard InChI is InChI=1S/C27H24N2O3S2/c1-12-7-9-14(10-8-12)29-25(30)20-16-11-17(21(20)26(29)31)22-19(16)18(15-6-4-3-5-13(15)2)23-24(33-22)28-27(32)34-23/h3-10,16-22H,11H2,1-2H3,(H,28,32)/t16-,17-,18-,19+,20-,21-,22+/m1/s1. The third-order valence-corrected chi connectivity index (χ3v) is 11.1. The van der Waals surface area contributed by atoms with Crippen molar-refractivity contribution in [1.82, 2.24) is 4.98 Å². The molecule has 2 aromatic carbocycles. The molecule has 2 bridgehead atoms. The molecule has 3 heterocycles. The Morgan fingerprint density at radius 2 is 1.62 bits per heavy atom. The summed E-state index contributed by atoms with van der Waals surface area (Å²) in [4.78, 5) is 45.4. The summed E-state index contributed by atoms with van der Waals surface area (Å²) in [6.07, 6.45) is 0.915. The predicted octanol–water partition coefficient (Wildman–Crippen LogP) is 4.73. The lowest BCUT2D eigenvalue weighted by molar-refractivity contribution is -0.123. The van der Waals surface area contributed by atoms with Crippen LogP contribution < -0.4 is 9.77 Å². The lowest BCUT2D eigenvalue weighted by Gasteiger charge is -2.43. The number of nitrogens with zero attached hydrogens (tertiary/aromatic N) is 1. The SMILES string of the molecule is Cc1ccc(N2C(=O)[C@@H]3[C@H]4C[C@@H]([C@H]3C2=O)[C@H]2[C@@H](c3ccccc3C)c3sc(=O)[nH]c3S[C@@H]42)cc1. The van der Waals surface area contributed by atoms with Crippen molar-refractivity contribution < 1.29 is 9.59 Å². The van der Waals surface area contributed by atoms with Crippen LogP contribution in [0.5, 0.6) is 0 Å². The summed E-state index contributed by atoms with van der Waals surface area (Å²) in [7, 11) is 0. The highest BCUT2D eigenvalue weighted by Gasteiger charge is 2.69. The van der Waals surface area contributed by atoms with Crippen LogP contribution in [0.15, 0.2) is 58.4 Å². The highest BCUT2D eigenvalue weighted by molar-refractivity contribution is 8.00. The number of aromatic nitrogens is 1. The van der Waals surface area contributed by atoms with Gasteiger partial charge in [0.1, 0.15) is 0 Å². The molecule has 34 heavy (non-hydrogen) atoms. The van der Waals surface area contributed by atoms with Crippen molar-refractivity contribution in [2.24, 2.45) is 29.6 Å². The van der Waals surface area contributed by atoms with E-state index < -0.39 is 0 Å². The molecule has 2 aliphatic heterocycles. The Labute approximate surface area is 205 Å². The van der Waals surface area contributed by atoms with E-state index in [1.807, 2.05) is 37.3 Å². The number of carbonyl (C=O) groups excluding carboxylic acids is 2. The number of aromatic amines is 1. The number of fused-ring (bicyclic) bond motifs is 9. The average molecular weight is 489 g/mol. The summed E-state index contributed by atoms with van der Waals surface area (Å²) in [5.41, 5.74) is 4.24. The summed E-state index contributed by atoms with van der Waals surface area (Å²) < 4.78 is 0. The fraction of sp³-hybridized carbons (Fsp3) is 0.370. The van der Waals surface area contributed by atoms with Gasteiger partial charge in [-0.3, -0.25) is 19.3 Å². The maximum Gasteiger partial charge on any atom is 0.305 e. The molecule has 3 aromatic rings. The minimum atomic E-state index is -0.260. The molecule has 1 aromatic heterocycles. The van der Waals surface area contributed by atoms with E-state index in [0.717, 1.165) is 21.9 Å². The van der Waals surface area contributed by atoms with E-state index in [2.05, 4.69) is 30.1 Å². The fourth-order valence-corrected chi connectivity index (χ4v) is 10.1. The lowest BCUT2D eigenvalue weighted by Crippen LogP contribution is -2.42. The van der Waals surface area contributed by atoms with Gasteiger partial charge in [0.25, 0.3) is 0 Å². The van der Waals surface area contributed by atoms with Gasteiger partial charge in [-0.1, -0.05) is 53.3 Å². The molecule has 7 heteroatoms. The van der Waals surface area contributed by atoms with E-state index in [4.69, 9.17) is 0 Å². The van der Waals surface area contributed by atoms with Crippen LogP contribution in [0.3, 0.4) is 0 Å². The minimum Gasteiger partial charge on any atom is -0.307 e. The number of imide groups is 1. The first-order valence-corrected chi connectivity index (χ1v) is 13.5. The number of thiazole rings is 1.